The van der Waals surface area contributed by atoms with Crippen molar-refractivity contribution >= 4 is 23.8 Å². The van der Waals surface area contributed by atoms with Gasteiger partial charge in [0.1, 0.15) is 0 Å². The van der Waals surface area contributed by atoms with Crippen LogP contribution < -0.4 is 10.2 Å². The summed E-state index contributed by atoms with van der Waals surface area (Å²) >= 11 is 4.49. The number of aliphatic carboxylic acids is 1. The average molecular weight is 185 g/mol. The monoisotopic (exact) mass is 184 g/mol. The summed E-state index contributed by atoms with van der Waals surface area (Å²) in [5.41, 5.74) is 0. The minimum absolute atomic E-state index is 0.0417. The van der Waals surface area contributed by atoms with Crippen molar-refractivity contribution in [3.05, 3.63) is 0 Å². The van der Waals surface area contributed by atoms with E-state index in [9.17, 15) is 4.79 Å². The highest BCUT2D eigenvalue weighted by atomic mass is 35.5. The molecular formula is C4H9ClN2O4. The Labute approximate surface area is 68.3 Å². The Morgan fingerprint density at radius 2 is 1.82 bits per heavy atom. The SMILES string of the molecule is CNCC(=O)O.O=C(O)NCl. The summed E-state index contributed by atoms with van der Waals surface area (Å²) < 4.78 is 0. The number of likely N-dealkylation sites (N-methyl/N-ethyl adjacent to an activating group) is 1. The highest BCUT2D eigenvalue weighted by Gasteiger charge is 1.86. The van der Waals surface area contributed by atoms with E-state index in [1.807, 2.05) is 0 Å². The summed E-state index contributed by atoms with van der Waals surface area (Å²) in [5, 5.41) is 17.8. The first kappa shape index (κ1) is 12.6. The second-order valence-corrected chi connectivity index (χ2v) is 1.51. The molecule has 0 radical (unpaired) electrons. The molecule has 11 heavy (non-hydrogen) atoms. The van der Waals surface area contributed by atoms with Crippen LogP contribution in [0.2, 0.25) is 0 Å². The third-order valence-electron chi connectivity index (χ3n) is 0.409. The molecule has 0 aromatic rings. The fourth-order valence-electron chi connectivity index (χ4n) is 0.151. The minimum Gasteiger partial charge on any atom is -0.480 e. The molecule has 66 valence electrons. The van der Waals surface area contributed by atoms with E-state index in [1.54, 1.807) is 7.05 Å². The number of carbonyl (C=O) groups is 2. The number of hydrogen-bond donors (Lipinski definition) is 4. The van der Waals surface area contributed by atoms with Gasteiger partial charge in [-0.15, -0.1) is 0 Å². The molecule has 6 nitrogen and oxygen atoms in total. The quantitative estimate of drug-likeness (QED) is 0.442. The van der Waals surface area contributed by atoms with Gasteiger partial charge in [-0.1, -0.05) is 0 Å². The van der Waals surface area contributed by atoms with Crippen LogP contribution in [0.25, 0.3) is 0 Å². The lowest BCUT2D eigenvalue weighted by molar-refractivity contribution is -0.135. The van der Waals surface area contributed by atoms with Crippen LogP contribution in [0, 0.1) is 0 Å². The van der Waals surface area contributed by atoms with E-state index in [0.29, 0.717) is 0 Å². The van der Waals surface area contributed by atoms with Gasteiger partial charge in [0, 0.05) is 11.8 Å². The second kappa shape index (κ2) is 8.99. The van der Waals surface area contributed by atoms with Crippen LogP contribution >= 0.6 is 11.8 Å². The van der Waals surface area contributed by atoms with Gasteiger partial charge in [-0.3, -0.25) is 4.79 Å². The van der Waals surface area contributed by atoms with Gasteiger partial charge in [0.2, 0.25) is 0 Å². The van der Waals surface area contributed by atoms with Gasteiger partial charge in [0.15, 0.2) is 0 Å². The predicted octanol–water partition coefficient (Wildman–Crippen LogP) is -0.302. The zero-order chi connectivity index (χ0) is 9.28. The summed E-state index contributed by atoms with van der Waals surface area (Å²) in [4.78, 5) is 20.1. The van der Waals surface area contributed by atoms with Crippen LogP contribution in [0.1, 0.15) is 0 Å². The fourth-order valence-corrected chi connectivity index (χ4v) is 0.151. The van der Waals surface area contributed by atoms with Crippen molar-refractivity contribution in [1.82, 2.24) is 10.2 Å². The van der Waals surface area contributed by atoms with E-state index in [0.717, 1.165) is 0 Å². The van der Waals surface area contributed by atoms with E-state index < -0.39 is 12.1 Å². The molecule has 0 aliphatic heterocycles. The number of carboxylic acids is 1. The number of amides is 1. The van der Waals surface area contributed by atoms with Gasteiger partial charge in [-0.05, 0) is 7.05 Å². The molecule has 0 saturated heterocycles. The van der Waals surface area contributed by atoms with Gasteiger partial charge in [-0.25, -0.2) is 9.63 Å². The van der Waals surface area contributed by atoms with Gasteiger partial charge < -0.3 is 15.5 Å². The van der Waals surface area contributed by atoms with Crippen molar-refractivity contribution in [2.75, 3.05) is 13.6 Å². The van der Waals surface area contributed by atoms with Crippen LogP contribution in [-0.2, 0) is 4.79 Å². The highest BCUT2D eigenvalue weighted by molar-refractivity contribution is 6.20. The molecule has 0 atom stereocenters. The first-order valence-electron chi connectivity index (χ1n) is 2.50. The molecule has 0 aromatic carbocycles. The van der Waals surface area contributed by atoms with E-state index in [4.69, 9.17) is 15.0 Å². The van der Waals surface area contributed by atoms with Crippen molar-refractivity contribution in [2.24, 2.45) is 0 Å². The molecule has 0 unspecified atom stereocenters. The molecule has 0 spiro atoms. The number of hydrogen-bond acceptors (Lipinski definition) is 3. The van der Waals surface area contributed by atoms with Gasteiger partial charge in [-0.2, -0.15) is 0 Å². The average Bonchev–Trinajstić information content (AvgIpc) is 1.89. The molecule has 0 saturated carbocycles. The summed E-state index contributed by atoms with van der Waals surface area (Å²) in [7, 11) is 1.59. The van der Waals surface area contributed by atoms with Crippen molar-refractivity contribution < 1.29 is 19.8 Å². The number of halogens is 1. The smallest absolute Gasteiger partial charge is 0.419 e. The number of nitrogens with one attached hydrogen (secondary N) is 2. The maximum absolute atomic E-state index is 9.54. The summed E-state index contributed by atoms with van der Waals surface area (Å²) in [6.45, 7) is 0.0417. The molecule has 7 heteroatoms. The largest absolute Gasteiger partial charge is 0.480 e. The molecular weight excluding hydrogens is 176 g/mol. The highest BCUT2D eigenvalue weighted by Crippen LogP contribution is 1.58. The lowest BCUT2D eigenvalue weighted by atomic mass is 10.7. The maximum atomic E-state index is 9.54. The molecule has 1 amide bonds. The van der Waals surface area contributed by atoms with Crippen molar-refractivity contribution in [3.63, 3.8) is 0 Å². The normalized spacial score (nSPS) is 7.45. The van der Waals surface area contributed by atoms with Crippen LogP contribution in [-0.4, -0.2) is 35.9 Å². The standard InChI is InChI=1S/C3H7NO2.CH2ClNO2/c1-4-2-3(5)6;2-3-1(4)5/h4H,2H2,1H3,(H,5,6);3H,(H,4,5). The third kappa shape index (κ3) is 27.6. The molecule has 0 aliphatic carbocycles. The molecule has 0 fully saturated rings. The Kier molecular flexibility index (Phi) is 10.3. The Hall–Kier alpha value is -1.01. The predicted molar refractivity (Wildman–Crippen MR) is 38.6 cm³/mol. The maximum Gasteiger partial charge on any atom is 0.419 e. The van der Waals surface area contributed by atoms with Crippen molar-refractivity contribution in [1.29, 1.82) is 0 Å². The topological polar surface area (TPSA) is 98.7 Å². The van der Waals surface area contributed by atoms with E-state index in [2.05, 4.69) is 17.1 Å². The summed E-state index contributed by atoms with van der Waals surface area (Å²) in [6.07, 6.45) is -1.23. The van der Waals surface area contributed by atoms with Gasteiger partial charge >= 0.3 is 12.1 Å². The van der Waals surface area contributed by atoms with Crippen LogP contribution in [0.15, 0.2) is 0 Å². The van der Waals surface area contributed by atoms with Gasteiger partial charge in [0.05, 0.1) is 6.54 Å². The number of carboxylic acid groups (broad SMARTS) is 2. The first-order chi connectivity index (χ1) is 5.04. The molecule has 0 rings (SSSR count). The van der Waals surface area contributed by atoms with Crippen molar-refractivity contribution in [2.45, 2.75) is 0 Å². The van der Waals surface area contributed by atoms with E-state index >= 15 is 0 Å². The van der Waals surface area contributed by atoms with Crippen LogP contribution in [0.5, 0.6) is 0 Å². The Morgan fingerprint density at radius 3 is 1.82 bits per heavy atom. The second-order valence-electron chi connectivity index (χ2n) is 1.32. The zero-order valence-electron chi connectivity index (χ0n) is 5.80. The Balaban J connectivity index is 0. The molecule has 0 aliphatic rings. The van der Waals surface area contributed by atoms with Crippen molar-refractivity contribution in [3.8, 4) is 0 Å². The lowest BCUT2D eigenvalue weighted by Crippen LogP contribution is -2.16. The van der Waals surface area contributed by atoms with Gasteiger partial charge in [0.25, 0.3) is 0 Å². The molecule has 0 bridgehead atoms. The molecule has 0 aromatic heterocycles. The molecule has 0 heterocycles. The van der Waals surface area contributed by atoms with Crippen LogP contribution in [0.3, 0.4) is 0 Å². The van der Waals surface area contributed by atoms with E-state index in [1.165, 1.54) is 4.84 Å². The van der Waals surface area contributed by atoms with Crippen LogP contribution in [0.4, 0.5) is 4.79 Å². The number of rotatable bonds is 2. The van der Waals surface area contributed by atoms with E-state index in [-0.39, 0.29) is 6.54 Å². The molecule has 4 N–H and O–H groups in total. The minimum atomic E-state index is -1.23. The summed E-state index contributed by atoms with van der Waals surface area (Å²) in [6, 6.07) is 0. The summed E-state index contributed by atoms with van der Waals surface area (Å²) in [5.74, 6) is -0.822. The first-order valence-corrected chi connectivity index (χ1v) is 2.88. The lowest BCUT2D eigenvalue weighted by Gasteiger charge is -1.84. The Morgan fingerprint density at radius 1 is 1.45 bits per heavy atom. The fraction of sp³-hybridized carbons (Fsp3) is 0.500. The zero-order valence-corrected chi connectivity index (χ0v) is 6.55. The Bertz CT molecular complexity index is 129. The third-order valence-corrected chi connectivity index (χ3v) is 0.571.